The van der Waals surface area contributed by atoms with Gasteiger partial charge in [-0.25, -0.2) is 4.79 Å². The van der Waals surface area contributed by atoms with Crippen molar-refractivity contribution in [1.82, 2.24) is 5.32 Å². The Morgan fingerprint density at radius 2 is 2.04 bits per heavy atom. The second kappa shape index (κ2) is 9.90. The first-order chi connectivity index (χ1) is 12.2. The van der Waals surface area contributed by atoms with Crippen LogP contribution in [0.4, 0.5) is 5.69 Å². The Morgan fingerprint density at radius 1 is 1.27 bits per heavy atom. The largest absolute Gasteiger partial charge is 0.462 e. The predicted octanol–water partition coefficient (Wildman–Crippen LogP) is 4.22. The van der Waals surface area contributed by atoms with Gasteiger partial charge in [-0.05, 0) is 74.8 Å². The smallest absolute Gasteiger partial charge is 0.348 e. The zero-order valence-corrected chi connectivity index (χ0v) is 16.5. The van der Waals surface area contributed by atoms with Crippen molar-refractivity contribution in [2.45, 2.75) is 32.6 Å². The number of carbonyl (C=O) groups is 2. The third-order valence-electron chi connectivity index (χ3n) is 4.52. The fourth-order valence-corrected chi connectivity index (χ4v) is 4.09. The maximum atomic E-state index is 12.2. The van der Waals surface area contributed by atoms with E-state index in [1.165, 1.54) is 11.3 Å². The minimum absolute atomic E-state index is 0. The lowest BCUT2D eigenvalue weighted by Gasteiger charge is -2.22. The molecular formula is C19H25ClN2O3S. The summed E-state index contributed by atoms with van der Waals surface area (Å²) in [5, 5.41) is 7.26. The van der Waals surface area contributed by atoms with Gasteiger partial charge in [0.25, 0.3) is 0 Å². The average molecular weight is 397 g/mol. The lowest BCUT2D eigenvalue weighted by atomic mass is 9.93. The van der Waals surface area contributed by atoms with E-state index in [-0.39, 0.29) is 24.3 Å². The molecule has 0 radical (unpaired) electrons. The number of ether oxygens (including phenoxy) is 1. The van der Waals surface area contributed by atoms with Crippen LogP contribution in [-0.2, 0) is 9.53 Å². The minimum atomic E-state index is -0.295. The van der Waals surface area contributed by atoms with Gasteiger partial charge in [-0.3, -0.25) is 4.79 Å². The van der Waals surface area contributed by atoms with E-state index in [9.17, 15) is 9.59 Å². The van der Waals surface area contributed by atoms with E-state index in [1.807, 2.05) is 24.3 Å². The molecule has 1 aromatic carbocycles. The number of halogens is 1. The number of esters is 1. The maximum absolute atomic E-state index is 12.2. The molecule has 0 aliphatic carbocycles. The number of carbonyl (C=O) groups excluding carboxylic acids is 2. The van der Waals surface area contributed by atoms with Gasteiger partial charge in [0.15, 0.2) is 0 Å². The summed E-state index contributed by atoms with van der Waals surface area (Å²) in [4.78, 5) is 24.6. The summed E-state index contributed by atoms with van der Waals surface area (Å²) in [7, 11) is 0. The van der Waals surface area contributed by atoms with Crippen molar-refractivity contribution in [3.8, 4) is 0 Å². The third-order valence-corrected chi connectivity index (χ3v) is 5.61. The van der Waals surface area contributed by atoms with Crippen LogP contribution in [0.5, 0.6) is 0 Å². The van der Waals surface area contributed by atoms with Crippen molar-refractivity contribution in [2.24, 2.45) is 5.92 Å². The minimum Gasteiger partial charge on any atom is -0.462 e. The van der Waals surface area contributed by atoms with E-state index < -0.39 is 0 Å². The molecule has 5 nitrogen and oxygen atoms in total. The number of benzene rings is 1. The number of hydrogen-bond acceptors (Lipinski definition) is 5. The van der Waals surface area contributed by atoms with Crippen LogP contribution >= 0.6 is 23.7 Å². The molecule has 3 rings (SSSR count). The van der Waals surface area contributed by atoms with Crippen molar-refractivity contribution in [1.29, 1.82) is 0 Å². The fourth-order valence-electron chi connectivity index (χ4n) is 3.15. The molecule has 0 bridgehead atoms. The Kier molecular flexibility index (Phi) is 7.87. The Balaban J connectivity index is 0.00000243. The van der Waals surface area contributed by atoms with Gasteiger partial charge < -0.3 is 15.4 Å². The molecular weight excluding hydrogens is 372 g/mol. The highest BCUT2D eigenvalue weighted by Crippen LogP contribution is 2.29. The Morgan fingerprint density at radius 3 is 2.77 bits per heavy atom. The average Bonchev–Trinajstić information content (AvgIpc) is 3.04. The van der Waals surface area contributed by atoms with Gasteiger partial charge in [0, 0.05) is 16.8 Å². The van der Waals surface area contributed by atoms with Gasteiger partial charge in [-0.2, -0.15) is 0 Å². The topological polar surface area (TPSA) is 67.4 Å². The summed E-state index contributed by atoms with van der Waals surface area (Å²) in [6, 6.07) is 7.56. The molecule has 2 heterocycles. The van der Waals surface area contributed by atoms with Crippen LogP contribution in [0.2, 0.25) is 0 Å². The van der Waals surface area contributed by atoms with E-state index in [2.05, 4.69) is 10.6 Å². The van der Waals surface area contributed by atoms with Crippen LogP contribution in [-0.4, -0.2) is 31.6 Å². The summed E-state index contributed by atoms with van der Waals surface area (Å²) < 4.78 is 6.05. The normalized spacial score (nSPS) is 14.7. The predicted molar refractivity (Wildman–Crippen MR) is 108 cm³/mol. The fraction of sp³-hybridized carbons (Fsp3) is 0.474. The molecule has 1 fully saturated rings. The number of anilines is 1. The molecule has 0 spiro atoms. The quantitative estimate of drug-likeness (QED) is 0.717. The van der Waals surface area contributed by atoms with Crippen LogP contribution < -0.4 is 10.6 Å². The van der Waals surface area contributed by atoms with Crippen LogP contribution in [0.3, 0.4) is 0 Å². The van der Waals surface area contributed by atoms with Gasteiger partial charge in [-0.1, -0.05) is 0 Å². The number of nitrogens with one attached hydrogen (secondary N) is 2. The van der Waals surface area contributed by atoms with Crippen LogP contribution in [0, 0.1) is 5.92 Å². The lowest BCUT2D eigenvalue weighted by Crippen LogP contribution is -2.28. The SMILES string of the molecule is CCOC(=O)c1cc2cc(NC(=O)CCC3CCNCC3)ccc2s1.Cl. The van der Waals surface area contributed by atoms with Gasteiger partial charge in [-0.15, -0.1) is 23.7 Å². The maximum Gasteiger partial charge on any atom is 0.348 e. The zero-order valence-electron chi connectivity index (χ0n) is 14.9. The van der Waals surface area contributed by atoms with Crippen molar-refractivity contribution in [3.05, 3.63) is 29.1 Å². The van der Waals surface area contributed by atoms with Crippen molar-refractivity contribution >= 4 is 51.4 Å². The highest BCUT2D eigenvalue weighted by molar-refractivity contribution is 7.20. The summed E-state index contributed by atoms with van der Waals surface area (Å²) in [5.41, 5.74) is 0.774. The van der Waals surface area contributed by atoms with Crippen LogP contribution in [0.1, 0.15) is 42.3 Å². The summed E-state index contributed by atoms with van der Waals surface area (Å²) in [5.74, 6) is 0.411. The first-order valence-corrected chi connectivity index (χ1v) is 9.68. The van der Waals surface area contributed by atoms with Gasteiger partial charge in [0.05, 0.1) is 6.61 Å². The molecule has 26 heavy (non-hydrogen) atoms. The van der Waals surface area contributed by atoms with Crippen molar-refractivity contribution < 1.29 is 14.3 Å². The van der Waals surface area contributed by atoms with Gasteiger partial charge >= 0.3 is 5.97 Å². The van der Waals surface area contributed by atoms with E-state index in [4.69, 9.17) is 4.74 Å². The molecule has 1 aliphatic heterocycles. The summed E-state index contributed by atoms with van der Waals surface area (Å²) in [6.45, 7) is 4.28. The van der Waals surface area contributed by atoms with Crippen molar-refractivity contribution in [2.75, 3.05) is 25.0 Å². The monoisotopic (exact) mass is 396 g/mol. The highest BCUT2D eigenvalue weighted by atomic mass is 35.5. The molecule has 2 N–H and O–H groups in total. The molecule has 0 saturated carbocycles. The van der Waals surface area contributed by atoms with Crippen molar-refractivity contribution in [3.63, 3.8) is 0 Å². The van der Waals surface area contributed by atoms with Crippen LogP contribution in [0.25, 0.3) is 10.1 Å². The number of rotatable bonds is 6. The molecule has 142 valence electrons. The molecule has 0 atom stereocenters. The Bertz CT molecular complexity index is 756. The van der Waals surface area contributed by atoms with E-state index in [0.717, 1.165) is 48.1 Å². The zero-order chi connectivity index (χ0) is 17.6. The molecule has 2 aromatic rings. The van der Waals surface area contributed by atoms with Crippen LogP contribution in [0.15, 0.2) is 24.3 Å². The number of hydrogen-bond donors (Lipinski definition) is 2. The van der Waals surface area contributed by atoms with E-state index in [1.54, 1.807) is 6.92 Å². The number of amides is 1. The number of thiophene rings is 1. The highest BCUT2D eigenvalue weighted by Gasteiger charge is 2.15. The molecule has 7 heteroatoms. The molecule has 1 aliphatic rings. The second-order valence-electron chi connectivity index (χ2n) is 6.36. The first-order valence-electron chi connectivity index (χ1n) is 8.87. The molecule has 0 unspecified atom stereocenters. The van der Waals surface area contributed by atoms with Gasteiger partial charge in [0.2, 0.25) is 5.91 Å². The standard InChI is InChI=1S/C19H24N2O3S.ClH/c1-2-24-19(23)17-12-14-11-15(4-5-16(14)25-17)21-18(22)6-3-13-7-9-20-10-8-13;/h4-5,11-13,20H,2-3,6-10H2,1H3,(H,21,22);1H. The Labute approximate surface area is 163 Å². The lowest BCUT2D eigenvalue weighted by molar-refractivity contribution is -0.116. The van der Waals surface area contributed by atoms with E-state index in [0.29, 0.717) is 23.8 Å². The number of fused-ring (bicyclic) bond motifs is 1. The molecule has 1 aromatic heterocycles. The van der Waals surface area contributed by atoms with Gasteiger partial charge in [0.1, 0.15) is 4.88 Å². The first kappa shape index (κ1) is 20.7. The Hall–Kier alpha value is -1.63. The molecule has 1 saturated heterocycles. The molecule has 1 amide bonds. The van der Waals surface area contributed by atoms with E-state index >= 15 is 0 Å². The summed E-state index contributed by atoms with van der Waals surface area (Å²) >= 11 is 1.41. The third kappa shape index (κ3) is 5.43. The summed E-state index contributed by atoms with van der Waals surface area (Å²) in [6.07, 6.45) is 3.82. The second-order valence-corrected chi connectivity index (χ2v) is 7.45. The number of piperidine rings is 1.